The van der Waals surface area contributed by atoms with Gasteiger partial charge in [0.1, 0.15) is 5.70 Å². The van der Waals surface area contributed by atoms with E-state index in [2.05, 4.69) is 5.32 Å². The van der Waals surface area contributed by atoms with Crippen LogP contribution in [0.2, 0.25) is 0 Å². The van der Waals surface area contributed by atoms with Crippen LogP contribution in [0.3, 0.4) is 0 Å². The van der Waals surface area contributed by atoms with Crippen LogP contribution in [0.25, 0.3) is 0 Å². The van der Waals surface area contributed by atoms with Crippen LogP contribution < -0.4 is 10.2 Å². The van der Waals surface area contributed by atoms with Crippen molar-refractivity contribution in [3.8, 4) is 0 Å². The van der Waals surface area contributed by atoms with Crippen LogP contribution in [-0.4, -0.2) is 37.0 Å². The van der Waals surface area contributed by atoms with Crippen LogP contribution in [0, 0.1) is 0 Å². The maximum absolute atomic E-state index is 12.7. The van der Waals surface area contributed by atoms with Gasteiger partial charge in [0.05, 0.1) is 30.0 Å². The first-order chi connectivity index (χ1) is 14.4. The Labute approximate surface area is 173 Å². The highest BCUT2D eigenvalue weighted by molar-refractivity contribution is 6.31. The molecule has 0 atom stereocenters. The lowest BCUT2D eigenvalue weighted by Crippen LogP contribution is -2.31. The van der Waals surface area contributed by atoms with E-state index in [0.29, 0.717) is 22.5 Å². The maximum atomic E-state index is 12.7. The molecule has 1 aliphatic heterocycles. The molecule has 3 rings (SSSR count). The summed E-state index contributed by atoms with van der Waals surface area (Å²) >= 11 is 0. The quantitative estimate of drug-likeness (QED) is 0.555. The number of hydrogen-bond donors (Lipinski definition) is 1. The third kappa shape index (κ3) is 4.38. The second kappa shape index (κ2) is 9.04. The van der Waals surface area contributed by atoms with Gasteiger partial charge in [0.25, 0.3) is 11.8 Å². The second-order valence-electron chi connectivity index (χ2n) is 6.23. The fourth-order valence-corrected chi connectivity index (χ4v) is 2.82. The number of amides is 2. The first-order valence-corrected chi connectivity index (χ1v) is 9.36. The summed E-state index contributed by atoms with van der Waals surface area (Å²) in [7, 11) is 0. The summed E-state index contributed by atoms with van der Waals surface area (Å²) < 4.78 is 9.85. The van der Waals surface area contributed by atoms with E-state index >= 15 is 0 Å². The number of rotatable bonds is 7. The fourth-order valence-electron chi connectivity index (χ4n) is 2.82. The van der Waals surface area contributed by atoms with E-state index in [-0.39, 0.29) is 18.9 Å². The Balaban J connectivity index is 1.70. The van der Waals surface area contributed by atoms with Gasteiger partial charge in [-0.3, -0.25) is 9.59 Å². The molecule has 1 aliphatic rings. The molecular formula is C22H20N2O6. The fraction of sp³-hybridized carbons (Fsp3) is 0.182. The van der Waals surface area contributed by atoms with Crippen molar-refractivity contribution >= 4 is 35.1 Å². The van der Waals surface area contributed by atoms with E-state index in [0.717, 1.165) is 4.90 Å². The molecule has 0 radical (unpaired) electrons. The molecule has 0 spiro atoms. The van der Waals surface area contributed by atoms with Crippen LogP contribution in [-0.2, 0) is 19.1 Å². The molecule has 0 aliphatic carbocycles. The number of carbonyl (C=O) groups is 4. The van der Waals surface area contributed by atoms with Crippen LogP contribution in [0.4, 0.5) is 11.4 Å². The van der Waals surface area contributed by atoms with E-state index < -0.39 is 23.8 Å². The zero-order valence-corrected chi connectivity index (χ0v) is 16.5. The van der Waals surface area contributed by atoms with E-state index in [9.17, 15) is 19.2 Å². The van der Waals surface area contributed by atoms with Crippen molar-refractivity contribution in [1.82, 2.24) is 0 Å². The van der Waals surface area contributed by atoms with Gasteiger partial charge in [-0.2, -0.15) is 0 Å². The number of anilines is 2. The minimum atomic E-state index is -0.529. The Morgan fingerprint density at radius 1 is 0.833 bits per heavy atom. The molecule has 8 nitrogen and oxygen atoms in total. The molecule has 2 aromatic rings. The Kier molecular flexibility index (Phi) is 6.26. The highest BCUT2D eigenvalue weighted by Crippen LogP contribution is 2.24. The lowest BCUT2D eigenvalue weighted by molar-refractivity contribution is -0.120. The van der Waals surface area contributed by atoms with Gasteiger partial charge in [-0.25, -0.2) is 14.5 Å². The molecule has 0 fully saturated rings. The average molecular weight is 408 g/mol. The first-order valence-electron chi connectivity index (χ1n) is 9.36. The van der Waals surface area contributed by atoms with Crippen molar-refractivity contribution in [2.75, 3.05) is 23.4 Å². The summed E-state index contributed by atoms with van der Waals surface area (Å²) in [5.74, 6) is -1.95. The van der Waals surface area contributed by atoms with Crippen molar-refractivity contribution < 1.29 is 28.7 Å². The zero-order chi connectivity index (χ0) is 21.7. The monoisotopic (exact) mass is 408 g/mol. The number of ether oxygens (including phenoxy) is 2. The molecule has 30 heavy (non-hydrogen) atoms. The lowest BCUT2D eigenvalue weighted by atomic mass is 10.2. The highest BCUT2D eigenvalue weighted by atomic mass is 16.5. The largest absolute Gasteiger partial charge is 0.462 e. The number of esters is 2. The third-order valence-corrected chi connectivity index (χ3v) is 4.23. The third-order valence-electron chi connectivity index (χ3n) is 4.23. The van der Waals surface area contributed by atoms with Gasteiger partial charge < -0.3 is 14.8 Å². The molecule has 1 heterocycles. The molecule has 0 unspecified atom stereocenters. The van der Waals surface area contributed by atoms with Gasteiger partial charge in [-0.05, 0) is 62.4 Å². The molecule has 154 valence electrons. The summed E-state index contributed by atoms with van der Waals surface area (Å²) in [5, 5.41) is 2.89. The summed E-state index contributed by atoms with van der Waals surface area (Å²) in [5.41, 5.74) is 1.68. The minimum absolute atomic E-state index is 0.0957. The minimum Gasteiger partial charge on any atom is -0.462 e. The van der Waals surface area contributed by atoms with Crippen molar-refractivity contribution in [3.05, 3.63) is 71.4 Å². The molecule has 0 bridgehead atoms. The van der Waals surface area contributed by atoms with Gasteiger partial charge in [0.2, 0.25) is 0 Å². The van der Waals surface area contributed by atoms with Crippen LogP contribution >= 0.6 is 0 Å². The average Bonchev–Trinajstić information content (AvgIpc) is 3.02. The molecule has 1 N–H and O–H groups in total. The number of benzene rings is 2. The number of hydrogen-bond acceptors (Lipinski definition) is 7. The molecule has 0 aromatic heterocycles. The van der Waals surface area contributed by atoms with E-state index in [4.69, 9.17) is 9.47 Å². The lowest BCUT2D eigenvalue weighted by Gasteiger charge is -2.15. The summed E-state index contributed by atoms with van der Waals surface area (Å²) in [6.45, 7) is 3.96. The van der Waals surface area contributed by atoms with Crippen LogP contribution in [0.1, 0.15) is 34.6 Å². The number of nitrogens with one attached hydrogen (secondary N) is 1. The predicted molar refractivity (Wildman–Crippen MR) is 109 cm³/mol. The summed E-state index contributed by atoms with van der Waals surface area (Å²) in [4.78, 5) is 49.5. The first kappa shape index (κ1) is 20.8. The van der Waals surface area contributed by atoms with Crippen molar-refractivity contribution in [3.63, 3.8) is 0 Å². The van der Waals surface area contributed by atoms with Gasteiger partial charge in [-0.15, -0.1) is 0 Å². The van der Waals surface area contributed by atoms with Gasteiger partial charge in [-0.1, -0.05) is 0 Å². The maximum Gasteiger partial charge on any atom is 0.338 e. The SMILES string of the molecule is CCOC(=O)c1ccc(NC2=CC(=O)N(c3ccc(C(=O)OCC)cc3)C2=O)cc1. The number of carbonyl (C=O) groups excluding carboxylic acids is 4. The Morgan fingerprint density at radius 2 is 1.33 bits per heavy atom. The van der Waals surface area contributed by atoms with E-state index in [1.165, 1.54) is 30.3 Å². The topological polar surface area (TPSA) is 102 Å². The number of nitrogens with zero attached hydrogens (tertiary/aromatic N) is 1. The molecular weight excluding hydrogens is 388 g/mol. The van der Waals surface area contributed by atoms with Crippen molar-refractivity contribution in [2.45, 2.75) is 13.8 Å². The normalized spacial score (nSPS) is 13.1. The summed E-state index contributed by atoms with van der Waals surface area (Å²) in [6, 6.07) is 12.4. The standard InChI is InChI=1S/C22H20N2O6/c1-3-29-21(27)14-5-9-16(10-6-14)23-18-13-19(25)24(20(18)26)17-11-7-15(8-12-17)22(28)30-4-2/h5-13,23H,3-4H2,1-2H3. The van der Waals surface area contributed by atoms with Gasteiger partial charge >= 0.3 is 11.9 Å². The van der Waals surface area contributed by atoms with Crippen molar-refractivity contribution in [1.29, 1.82) is 0 Å². The van der Waals surface area contributed by atoms with Crippen LogP contribution in [0.15, 0.2) is 60.3 Å². The Morgan fingerprint density at radius 3 is 1.83 bits per heavy atom. The van der Waals surface area contributed by atoms with Gasteiger partial charge in [0.15, 0.2) is 0 Å². The number of imide groups is 1. The van der Waals surface area contributed by atoms with E-state index in [1.54, 1.807) is 38.1 Å². The molecule has 2 aromatic carbocycles. The van der Waals surface area contributed by atoms with Crippen LogP contribution in [0.5, 0.6) is 0 Å². The molecule has 8 heteroatoms. The van der Waals surface area contributed by atoms with E-state index in [1.807, 2.05) is 0 Å². The summed E-state index contributed by atoms with van der Waals surface area (Å²) in [6.07, 6.45) is 1.20. The predicted octanol–water partition coefficient (Wildman–Crippen LogP) is 2.91. The molecule has 0 saturated heterocycles. The van der Waals surface area contributed by atoms with Gasteiger partial charge in [0, 0.05) is 11.8 Å². The Bertz CT molecular complexity index is 1010. The highest BCUT2D eigenvalue weighted by Gasteiger charge is 2.32. The molecule has 0 saturated carbocycles. The molecule has 2 amide bonds. The van der Waals surface area contributed by atoms with Crippen molar-refractivity contribution in [2.24, 2.45) is 0 Å². The Hall–Kier alpha value is -3.94. The zero-order valence-electron chi connectivity index (χ0n) is 16.5. The second-order valence-corrected chi connectivity index (χ2v) is 6.23. The smallest absolute Gasteiger partial charge is 0.338 e.